The lowest BCUT2D eigenvalue weighted by molar-refractivity contribution is 0.105. The molecule has 0 spiro atoms. The monoisotopic (exact) mass is 305 g/mol. The minimum absolute atomic E-state index is 0.111. The first-order valence-electron chi connectivity index (χ1n) is 5.09. The number of aromatic nitrogens is 2. The first-order chi connectivity index (χ1) is 7.51. The third kappa shape index (κ3) is 2.31. The molecule has 0 aromatic carbocycles. The van der Waals surface area contributed by atoms with Crippen LogP contribution in [0.3, 0.4) is 0 Å². The van der Waals surface area contributed by atoms with Gasteiger partial charge in [0.2, 0.25) is 5.28 Å². The van der Waals surface area contributed by atoms with Crippen LogP contribution in [0.15, 0.2) is 10.7 Å². The van der Waals surface area contributed by atoms with Gasteiger partial charge in [-0.3, -0.25) is 0 Å². The Morgan fingerprint density at radius 1 is 1.69 bits per heavy atom. The van der Waals surface area contributed by atoms with E-state index in [4.69, 9.17) is 16.3 Å². The van der Waals surface area contributed by atoms with Gasteiger partial charge >= 0.3 is 0 Å². The summed E-state index contributed by atoms with van der Waals surface area (Å²) in [5, 5.41) is 3.61. The molecule has 2 atom stereocenters. The molecule has 1 aromatic rings. The number of ether oxygens (including phenoxy) is 1. The van der Waals surface area contributed by atoms with Gasteiger partial charge in [0.05, 0.1) is 16.1 Å². The number of halogens is 2. The summed E-state index contributed by atoms with van der Waals surface area (Å²) in [7, 11) is 0. The van der Waals surface area contributed by atoms with Gasteiger partial charge in [-0.2, -0.15) is 4.98 Å². The van der Waals surface area contributed by atoms with Crippen LogP contribution in [-0.4, -0.2) is 28.2 Å². The minimum Gasteiger partial charge on any atom is -0.376 e. The Hall–Kier alpha value is -0.390. The van der Waals surface area contributed by atoms with E-state index in [1.165, 1.54) is 0 Å². The first-order valence-corrected chi connectivity index (χ1v) is 6.26. The molecule has 1 aromatic heterocycles. The standard InChI is InChI=1S/C10H13BrClN3O/c1-6-10(2,3-4-16-6)15-8-7(11)5-13-9(12)14-8/h5-6H,3-4H2,1-2H3,(H,13,14,15). The van der Waals surface area contributed by atoms with Crippen LogP contribution in [0.5, 0.6) is 0 Å². The van der Waals surface area contributed by atoms with Crippen LogP contribution in [0.4, 0.5) is 5.82 Å². The van der Waals surface area contributed by atoms with Gasteiger partial charge in [0.1, 0.15) is 5.82 Å². The molecule has 1 fully saturated rings. The molecule has 1 aliphatic rings. The van der Waals surface area contributed by atoms with Crippen molar-refractivity contribution in [2.24, 2.45) is 0 Å². The molecule has 0 amide bonds. The van der Waals surface area contributed by atoms with Crippen molar-refractivity contribution in [3.8, 4) is 0 Å². The molecule has 0 aliphatic carbocycles. The van der Waals surface area contributed by atoms with Crippen LogP contribution < -0.4 is 5.32 Å². The van der Waals surface area contributed by atoms with Crippen LogP contribution in [0, 0.1) is 0 Å². The molecule has 88 valence electrons. The summed E-state index contributed by atoms with van der Waals surface area (Å²) in [5.74, 6) is 0.708. The van der Waals surface area contributed by atoms with Crippen LogP contribution in [0.25, 0.3) is 0 Å². The second-order valence-electron chi connectivity index (χ2n) is 4.14. The number of anilines is 1. The van der Waals surface area contributed by atoms with Crippen LogP contribution >= 0.6 is 27.5 Å². The molecule has 1 saturated heterocycles. The van der Waals surface area contributed by atoms with Gasteiger partial charge in [-0.25, -0.2) is 4.98 Å². The maximum Gasteiger partial charge on any atom is 0.224 e. The lowest BCUT2D eigenvalue weighted by atomic mass is 9.95. The fourth-order valence-electron chi connectivity index (χ4n) is 1.70. The molecule has 2 unspecified atom stereocenters. The SMILES string of the molecule is CC1OCCC1(C)Nc1nc(Cl)ncc1Br. The summed E-state index contributed by atoms with van der Waals surface area (Å²) in [4.78, 5) is 8.05. The molecule has 4 nitrogen and oxygen atoms in total. The lowest BCUT2D eigenvalue weighted by Gasteiger charge is -2.29. The van der Waals surface area contributed by atoms with E-state index < -0.39 is 0 Å². The largest absolute Gasteiger partial charge is 0.376 e. The van der Waals surface area contributed by atoms with Gasteiger partial charge in [0.15, 0.2) is 0 Å². The summed E-state index contributed by atoms with van der Waals surface area (Å²) >= 11 is 9.16. The summed E-state index contributed by atoms with van der Waals surface area (Å²) in [6.45, 7) is 4.94. The normalized spacial score (nSPS) is 29.4. The van der Waals surface area contributed by atoms with Gasteiger partial charge in [0.25, 0.3) is 0 Å². The number of nitrogens with one attached hydrogen (secondary N) is 1. The van der Waals surface area contributed by atoms with Crippen molar-refractivity contribution in [1.29, 1.82) is 0 Å². The summed E-state index contributed by atoms with van der Waals surface area (Å²) in [5.41, 5.74) is -0.111. The van der Waals surface area contributed by atoms with Crippen molar-refractivity contribution in [2.75, 3.05) is 11.9 Å². The van der Waals surface area contributed by atoms with Gasteiger partial charge in [0, 0.05) is 12.8 Å². The zero-order valence-corrected chi connectivity index (χ0v) is 11.5. The summed E-state index contributed by atoms with van der Waals surface area (Å²) in [6, 6.07) is 0. The van der Waals surface area contributed by atoms with E-state index in [1.54, 1.807) is 6.20 Å². The maximum atomic E-state index is 5.77. The Morgan fingerprint density at radius 3 is 3.06 bits per heavy atom. The number of hydrogen-bond donors (Lipinski definition) is 1. The third-order valence-corrected chi connectivity index (χ3v) is 3.77. The zero-order valence-electron chi connectivity index (χ0n) is 9.13. The third-order valence-electron chi connectivity index (χ3n) is 3.01. The van der Waals surface area contributed by atoms with Crippen molar-refractivity contribution in [3.05, 3.63) is 16.0 Å². The van der Waals surface area contributed by atoms with E-state index in [-0.39, 0.29) is 16.9 Å². The summed E-state index contributed by atoms with van der Waals surface area (Å²) < 4.78 is 6.36. The van der Waals surface area contributed by atoms with Crippen LogP contribution in [0.1, 0.15) is 20.3 Å². The fraction of sp³-hybridized carbons (Fsp3) is 0.600. The number of hydrogen-bond acceptors (Lipinski definition) is 4. The van der Waals surface area contributed by atoms with Crippen molar-refractivity contribution in [3.63, 3.8) is 0 Å². The molecule has 2 heterocycles. The summed E-state index contributed by atoms with van der Waals surface area (Å²) in [6.07, 6.45) is 2.73. The minimum atomic E-state index is -0.111. The fourth-order valence-corrected chi connectivity index (χ4v) is 2.13. The molecule has 2 rings (SSSR count). The van der Waals surface area contributed by atoms with Crippen LogP contribution in [0.2, 0.25) is 5.28 Å². The molecule has 0 radical (unpaired) electrons. The molecular weight excluding hydrogens is 293 g/mol. The van der Waals surface area contributed by atoms with E-state index in [1.807, 2.05) is 0 Å². The smallest absolute Gasteiger partial charge is 0.224 e. The predicted octanol–water partition coefficient (Wildman–Crippen LogP) is 2.87. The lowest BCUT2D eigenvalue weighted by Crippen LogP contribution is -2.41. The highest BCUT2D eigenvalue weighted by Crippen LogP contribution is 2.31. The maximum absolute atomic E-state index is 5.77. The van der Waals surface area contributed by atoms with E-state index in [0.29, 0.717) is 5.82 Å². The highest BCUT2D eigenvalue weighted by molar-refractivity contribution is 9.10. The van der Waals surface area contributed by atoms with Gasteiger partial charge in [-0.1, -0.05) is 0 Å². The Bertz CT molecular complexity index is 404. The molecule has 6 heteroatoms. The molecule has 0 bridgehead atoms. The Morgan fingerprint density at radius 2 is 2.44 bits per heavy atom. The van der Waals surface area contributed by atoms with Crippen LogP contribution in [-0.2, 0) is 4.74 Å². The van der Waals surface area contributed by atoms with E-state index in [2.05, 4.69) is 45.1 Å². The average Bonchev–Trinajstić information content (AvgIpc) is 2.53. The van der Waals surface area contributed by atoms with Gasteiger partial charge in [-0.05, 0) is 47.8 Å². The molecule has 16 heavy (non-hydrogen) atoms. The van der Waals surface area contributed by atoms with Gasteiger partial charge < -0.3 is 10.1 Å². The Kier molecular flexibility index (Phi) is 3.37. The Balaban J connectivity index is 2.23. The zero-order chi connectivity index (χ0) is 11.8. The van der Waals surface area contributed by atoms with Crippen molar-refractivity contribution in [1.82, 2.24) is 9.97 Å². The second-order valence-corrected chi connectivity index (χ2v) is 5.33. The molecular formula is C10H13BrClN3O. The van der Waals surface area contributed by atoms with Crippen molar-refractivity contribution in [2.45, 2.75) is 31.9 Å². The Labute approximate surface area is 108 Å². The molecule has 0 saturated carbocycles. The number of rotatable bonds is 2. The molecule has 1 N–H and O–H groups in total. The van der Waals surface area contributed by atoms with Crippen molar-refractivity contribution >= 4 is 33.3 Å². The highest BCUT2D eigenvalue weighted by atomic mass is 79.9. The molecule has 1 aliphatic heterocycles. The average molecular weight is 307 g/mol. The predicted molar refractivity (Wildman–Crippen MR) is 66.8 cm³/mol. The quantitative estimate of drug-likeness (QED) is 0.854. The van der Waals surface area contributed by atoms with E-state index in [0.717, 1.165) is 17.5 Å². The number of nitrogens with zero attached hydrogens (tertiary/aromatic N) is 2. The highest BCUT2D eigenvalue weighted by Gasteiger charge is 2.37. The van der Waals surface area contributed by atoms with Gasteiger partial charge in [-0.15, -0.1) is 0 Å². The van der Waals surface area contributed by atoms with E-state index >= 15 is 0 Å². The van der Waals surface area contributed by atoms with Crippen molar-refractivity contribution < 1.29 is 4.74 Å². The topological polar surface area (TPSA) is 47.0 Å². The second kappa shape index (κ2) is 4.47. The first kappa shape index (κ1) is 12.1. The van der Waals surface area contributed by atoms with E-state index in [9.17, 15) is 0 Å².